The molecule has 3 aromatic heterocycles. The van der Waals surface area contributed by atoms with Gasteiger partial charge in [0.1, 0.15) is 17.8 Å². The molecule has 0 saturated carbocycles. The highest BCUT2D eigenvalue weighted by atomic mass is 16.2. The van der Waals surface area contributed by atoms with Crippen LogP contribution in [0.15, 0.2) is 36.9 Å². The summed E-state index contributed by atoms with van der Waals surface area (Å²) in [6, 6.07) is 5.77. The molecule has 1 amide bonds. The van der Waals surface area contributed by atoms with Crippen molar-refractivity contribution in [2.24, 2.45) is 7.05 Å². The zero-order valence-corrected chi connectivity index (χ0v) is 14.0. The number of anilines is 1. The number of aryl methyl sites for hydroxylation is 1. The van der Waals surface area contributed by atoms with E-state index in [4.69, 9.17) is 0 Å². The van der Waals surface area contributed by atoms with Gasteiger partial charge in [-0.1, -0.05) is 0 Å². The number of fused-ring (bicyclic) bond motifs is 1. The summed E-state index contributed by atoms with van der Waals surface area (Å²) in [5, 5.41) is 8.17. The van der Waals surface area contributed by atoms with Gasteiger partial charge in [0, 0.05) is 38.6 Å². The normalized spacial score (nSPS) is 15.5. The number of piperidine rings is 1. The van der Waals surface area contributed by atoms with Gasteiger partial charge in [0.05, 0.1) is 5.39 Å². The lowest BCUT2D eigenvalue weighted by Gasteiger charge is -2.33. The van der Waals surface area contributed by atoms with Gasteiger partial charge in [-0.2, -0.15) is 5.10 Å². The Bertz CT molecular complexity index is 893. The molecule has 1 N–H and O–H groups in total. The maximum absolute atomic E-state index is 12.2. The van der Waals surface area contributed by atoms with Crippen molar-refractivity contribution in [3.63, 3.8) is 0 Å². The molecule has 1 saturated heterocycles. The fourth-order valence-electron chi connectivity index (χ4n) is 3.17. The third-order valence-corrected chi connectivity index (χ3v) is 4.46. The van der Waals surface area contributed by atoms with Crippen LogP contribution in [0.5, 0.6) is 0 Å². The number of rotatable bonds is 3. The summed E-state index contributed by atoms with van der Waals surface area (Å²) in [4.78, 5) is 27.4. The van der Waals surface area contributed by atoms with E-state index in [0.717, 1.165) is 37.1 Å². The monoisotopic (exact) mass is 337 g/mol. The molecule has 0 aliphatic carbocycles. The van der Waals surface area contributed by atoms with E-state index in [-0.39, 0.29) is 11.9 Å². The van der Waals surface area contributed by atoms with Crippen LogP contribution < -0.4 is 10.2 Å². The van der Waals surface area contributed by atoms with E-state index < -0.39 is 0 Å². The summed E-state index contributed by atoms with van der Waals surface area (Å²) in [7, 11) is 1.80. The number of carbonyl (C=O) groups excluding carboxylic acids is 1. The number of pyridine rings is 1. The predicted molar refractivity (Wildman–Crippen MR) is 93.2 cm³/mol. The number of nitrogens with one attached hydrogen (secondary N) is 1. The fourth-order valence-corrected chi connectivity index (χ4v) is 3.17. The highest BCUT2D eigenvalue weighted by Gasteiger charge is 2.23. The Morgan fingerprint density at radius 1 is 1.20 bits per heavy atom. The van der Waals surface area contributed by atoms with Crippen molar-refractivity contribution in [2.75, 3.05) is 18.0 Å². The van der Waals surface area contributed by atoms with Crippen LogP contribution in [0.25, 0.3) is 11.0 Å². The molecule has 8 heteroatoms. The van der Waals surface area contributed by atoms with Gasteiger partial charge in [-0.25, -0.2) is 15.0 Å². The van der Waals surface area contributed by atoms with Crippen molar-refractivity contribution < 1.29 is 4.79 Å². The molecular weight excluding hydrogens is 318 g/mol. The molecule has 0 unspecified atom stereocenters. The molecule has 128 valence electrons. The van der Waals surface area contributed by atoms with Crippen LogP contribution >= 0.6 is 0 Å². The second-order valence-corrected chi connectivity index (χ2v) is 6.18. The van der Waals surface area contributed by atoms with Crippen LogP contribution in [0.1, 0.15) is 23.3 Å². The summed E-state index contributed by atoms with van der Waals surface area (Å²) < 4.78 is 1.63. The van der Waals surface area contributed by atoms with E-state index in [1.807, 2.05) is 12.1 Å². The second-order valence-electron chi connectivity index (χ2n) is 6.18. The average molecular weight is 337 g/mol. The van der Waals surface area contributed by atoms with Crippen molar-refractivity contribution in [2.45, 2.75) is 18.9 Å². The lowest BCUT2D eigenvalue weighted by Crippen LogP contribution is -2.45. The van der Waals surface area contributed by atoms with Crippen molar-refractivity contribution in [1.82, 2.24) is 30.0 Å². The van der Waals surface area contributed by atoms with Crippen LogP contribution in [0.4, 0.5) is 5.82 Å². The van der Waals surface area contributed by atoms with Gasteiger partial charge in [-0.05, 0) is 31.0 Å². The van der Waals surface area contributed by atoms with E-state index in [9.17, 15) is 4.79 Å². The molecule has 4 heterocycles. The molecule has 0 spiro atoms. The third-order valence-electron chi connectivity index (χ3n) is 4.46. The van der Waals surface area contributed by atoms with Gasteiger partial charge in [0.25, 0.3) is 5.91 Å². The van der Waals surface area contributed by atoms with Crippen LogP contribution in [0, 0.1) is 0 Å². The van der Waals surface area contributed by atoms with Crippen LogP contribution in [0.2, 0.25) is 0 Å². The van der Waals surface area contributed by atoms with E-state index in [1.54, 1.807) is 36.5 Å². The molecule has 4 rings (SSSR count). The average Bonchev–Trinajstić information content (AvgIpc) is 3.08. The lowest BCUT2D eigenvalue weighted by atomic mass is 10.0. The highest BCUT2D eigenvalue weighted by molar-refractivity contribution is 5.92. The minimum atomic E-state index is -0.115. The molecule has 0 bridgehead atoms. The minimum Gasteiger partial charge on any atom is -0.356 e. The number of carbonyl (C=O) groups is 1. The Labute approximate surface area is 144 Å². The summed E-state index contributed by atoms with van der Waals surface area (Å²) in [6.45, 7) is 1.66. The maximum atomic E-state index is 12.2. The fraction of sp³-hybridized carbons (Fsp3) is 0.353. The third kappa shape index (κ3) is 3.15. The molecule has 1 aliphatic rings. The standard InChI is InChI=1S/C17H19N7O/c1-23-8-6-14(22-23)17(25)21-12-4-9-24(10-5-12)16-13-3-2-7-18-15(13)19-11-20-16/h2-3,6-8,11-12H,4-5,9-10H2,1H3,(H,21,25). The van der Waals surface area contributed by atoms with Gasteiger partial charge in [-0.3, -0.25) is 9.48 Å². The van der Waals surface area contributed by atoms with Crippen molar-refractivity contribution in [1.29, 1.82) is 0 Å². The molecule has 8 nitrogen and oxygen atoms in total. The van der Waals surface area contributed by atoms with Gasteiger partial charge < -0.3 is 10.2 Å². The first-order chi connectivity index (χ1) is 12.2. The molecule has 25 heavy (non-hydrogen) atoms. The SMILES string of the molecule is Cn1ccc(C(=O)NC2CCN(c3ncnc4ncccc34)CC2)n1. The van der Waals surface area contributed by atoms with Crippen LogP contribution in [-0.2, 0) is 7.05 Å². The van der Waals surface area contributed by atoms with Crippen molar-refractivity contribution in [3.8, 4) is 0 Å². The van der Waals surface area contributed by atoms with E-state index in [1.165, 1.54) is 0 Å². The zero-order chi connectivity index (χ0) is 17.2. The largest absolute Gasteiger partial charge is 0.356 e. The highest BCUT2D eigenvalue weighted by Crippen LogP contribution is 2.24. The molecule has 0 radical (unpaired) electrons. The maximum Gasteiger partial charge on any atom is 0.271 e. The first-order valence-corrected chi connectivity index (χ1v) is 8.32. The molecular formula is C17H19N7O. The summed E-state index contributed by atoms with van der Waals surface area (Å²) in [5.74, 6) is 0.795. The number of nitrogens with zero attached hydrogens (tertiary/aromatic N) is 6. The van der Waals surface area contributed by atoms with Crippen LogP contribution in [-0.4, -0.2) is 49.8 Å². The lowest BCUT2D eigenvalue weighted by molar-refractivity contribution is 0.0925. The first-order valence-electron chi connectivity index (χ1n) is 8.32. The number of aromatic nitrogens is 5. The Kier molecular flexibility index (Phi) is 4.01. The summed E-state index contributed by atoms with van der Waals surface area (Å²) in [5.41, 5.74) is 1.16. The summed E-state index contributed by atoms with van der Waals surface area (Å²) >= 11 is 0. The zero-order valence-electron chi connectivity index (χ0n) is 14.0. The predicted octanol–water partition coefficient (Wildman–Crippen LogP) is 1.16. The summed E-state index contributed by atoms with van der Waals surface area (Å²) in [6.07, 6.45) is 6.79. The van der Waals surface area contributed by atoms with Crippen molar-refractivity contribution in [3.05, 3.63) is 42.6 Å². The smallest absolute Gasteiger partial charge is 0.271 e. The Morgan fingerprint density at radius 2 is 2.04 bits per heavy atom. The van der Waals surface area contributed by atoms with Crippen molar-refractivity contribution >= 4 is 22.8 Å². The minimum absolute atomic E-state index is 0.115. The van der Waals surface area contributed by atoms with Gasteiger partial charge in [0.2, 0.25) is 0 Å². The number of hydrogen-bond acceptors (Lipinski definition) is 6. The topological polar surface area (TPSA) is 88.8 Å². The van der Waals surface area contributed by atoms with E-state index in [0.29, 0.717) is 11.3 Å². The number of hydrogen-bond donors (Lipinski definition) is 1. The molecule has 0 aromatic carbocycles. The quantitative estimate of drug-likeness (QED) is 0.771. The molecule has 0 atom stereocenters. The number of amides is 1. The van der Waals surface area contributed by atoms with Crippen LogP contribution in [0.3, 0.4) is 0 Å². The van der Waals surface area contributed by atoms with E-state index in [2.05, 4.69) is 30.3 Å². The molecule has 1 fully saturated rings. The van der Waals surface area contributed by atoms with Gasteiger partial charge >= 0.3 is 0 Å². The second kappa shape index (κ2) is 6.46. The Balaban J connectivity index is 1.42. The van der Waals surface area contributed by atoms with E-state index >= 15 is 0 Å². The van der Waals surface area contributed by atoms with Gasteiger partial charge in [-0.15, -0.1) is 0 Å². The first kappa shape index (κ1) is 15.5. The molecule has 1 aliphatic heterocycles. The Hall–Kier alpha value is -3.03. The molecule has 3 aromatic rings. The van der Waals surface area contributed by atoms with Gasteiger partial charge in [0.15, 0.2) is 5.65 Å². The Morgan fingerprint density at radius 3 is 2.80 bits per heavy atom.